The fourth-order valence-corrected chi connectivity index (χ4v) is 3.15. The lowest BCUT2D eigenvalue weighted by atomic mass is 10.1. The maximum atomic E-state index is 13.1. The van der Waals surface area contributed by atoms with E-state index in [9.17, 15) is 9.59 Å². The number of nitrogens with zero attached hydrogens (tertiary/aromatic N) is 1. The summed E-state index contributed by atoms with van der Waals surface area (Å²) in [6, 6.07) is 23.3. The molecule has 0 atom stereocenters. The van der Waals surface area contributed by atoms with Crippen LogP contribution in [0.25, 0.3) is 11.0 Å². The van der Waals surface area contributed by atoms with Gasteiger partial charge in [0, 0.05) is 11.1 Å². The molecule has 0 aliphatic heterocycles. The average Bonchev–Trinajstić information content (AvgIpc) is 2.80. The summed E-state index contributed by atoms with van der Waals surface area (Å²) < 4.78 is 11.0. The van der Waals surface area contributed by atoms with Crippen LogP contribution in [0.15, 0.2) is 88.3 Å². The fourth-order valence-electron chi connectivity index (χ4n) is 3.15. The molecule has 1 aromatic heterocycles. The summed E-state index contributed by atoms with van der Waals surface area (Å²) in [7, 11) is 0. The van der Waals surface area contributed by atoms with E-state index in [0.717, 1.165) is 10.9 Å². The Morgan fingerprint density at radius 2 is 1.69 bits per heavy atom. The monoisotopic (exact) mass is 426 g/mol. The minimum atomic E-state index is -0.396. The van der Waals surface area contributed by atoms with Gasteiger partial charge in [-0.25, -0.2) is 9.79 Å². The number of hydrogen-bond acceptors (Lipinski definition) is 5. The number of benzene rings is 3. The molecular weight excluding hydrogens is 404 g/mol. The van der Waals surface area contributed by atoms with Crippen molar-refractivity contribution in [3.05, 3.63) is 101 Å². The Balaban J connectivity index is 1.74. The number of para-hydroxylation sites is 1. The van der Waals surface area contributed by atoms with Gasteiger partial charge in [-0.3, -0.25) is 4.79 Å². The molecule has 0 saturated heterocycles. The molecule has 32 heavy (non-hydrogen) atoms. The zero-order valence-electron chi connectivity index (χ0n) is 17.8. The maximum absolute atomic E-state index is 13.1. The molecule has 0 aliphatic carbocycles. The molecule has 0 unspecified atom stereocenters. The second-order valence-electron chi connectivity index (χ2n) is 7.20. The van der Waals surface area contributed by atoms with Crippen molar-refractivity contribution >= 4 is 34.2 Å². The van der Waals surface area contributed by atoms with Gasteiger partial charge in [0.05, 0.1) is 17.9 Å². The minimum Gasteiger partial charge on any atom is -0.462 e. The van der Waals surface area contributed by atoms with Gasteiger partial charge in [-0.15, -0.1) is 0 Å². The summed E-state index contributed by atoms with van der Waals surface area (Å²) >= 11 is 0. The Morgan fingerprint density at radius 1 is 0.969 bits per heavy atom. The van der Waals surface area contributed by atoms with Crippen LogP contribution in [0.4, 0.5) is 11.4 Å². The van der Waals surface area contributed by atoms with Gasteiger partial charge >= 0.3 is 5.97 Å². The molecule has 4 rings (SSSR count). The molecule has 1 N–H and O–H groups in total. The number of amides is 1. The van der Waals surface area contributed by atoms with Crippen LogP contribution in [0.3, 0.4) is 0 Å². The molecule has 160 valence electrons. The normalized spacial score (nSPS) is 11.4. The van der Waals surface area contributed by atoms with Crippen molar-refractivity contribution in [2.45, 2.75) is 13.8 Å². The van der Waals surface area contributed by atoms with Crippen LogP contribution in [0, 0.1) is 6.92 Å². The van der Waals surface area contributed by atoms with Crippen LogP contribution in [-0.4, -0.2) is 18.5 Å². The largest absolute Gasteiger partial charge is 0.462 e. The molecule has 0 aliphatic rings. The first-order valence-electron chi connectivity index (χ1n) is 10.3. The number of carbonyl (C=O) groups excluding carboxylic acids is 2. The highest BCUT2D eigenvalue weighted by molar-refractivity contribution is 6.05. The first-order valence-corrected chi connectivity index (χ1v) is 10.3. The molecule has 0 radical (unpaired) electrons. The summed E-state index contributed by atoms with van der Waals surface area (Å²) in [6.45, 7) is 4.05. The summed E-state index contributed by atoms with van der Waals surface area (Å²) in [5, 5.41) is 3.68. The molecule has 1 heterocycles. The van der Waals surface area contributed by atoms with Crippen LogP contribution in [0.2, 0.25) is 0 Å². The number of fused-ring (bicyclic) bond motifs is 1. The molecule has 4 aromatic rings. The Kier molecular flexibility index (Phi) is 6.12. The van der Waals surface area contributed by atoms with Crippen molar-refractivity contribution in [3.63, 3.8) is 0 Å². The van der Waals surface area contributed by atoms with E-state index in [2.05, 4.69) is 10.3 Å². The van der Waals surface area contributed by atoms with Crippen LogP contribution < -0.4 is 10.9 Å². The Hall–Kier alpha value is -4.19. The minimum absolute atomic E-state index is 0.178. The van der Waals surface area contributed by atoms with Gasteiger partial charge in [0.2, 0.25) is 5.55 Å². The lowest BCUT2D eigenvalue weighted by molar-refractivity contribution is 0.0526. The van der Waals surface area contributed by atoms with E-state index in [-0.39, 0.29) is 11.5 Å². The fraction of sp³-hybridized carbons (Fsp3) is 0.115. The average molecular weight is 426 g/mol. The number of nitrogens with one attached hydrogen (secondary N) is 1. The highest BCUT2D eigenvalue weighted by Gasteiger charge is 2.13. The Labute approximate surface area is 185 Å². The van der Waals surface area contributed by atoms with Crippen molar-refractivity contribution in [2.75, 3.05) is 11.9 Å². The van der Waals surface area contributed by atoms with Crippen molar-refractivity contribution in [1.82, 2.24) is 0 Å². The van der Waals surface area contributed by atoms with Gasteiger partial charge in [-0.05, 0) is 62.4 Å². The number of rotatable bonds is 5. The van der Waals surface area contributed by atoms with Crippen LogP contribution in [0.1, 0.15) is 33.2 Å². The zero-order valence-corrected chi connectivity index (χ0v) is 17.8. The first-order chi connectivity index (χ1) is 15.5. The van der Waals surface area contributed by atoms with Crippen molar-refractivity contribution < 1.29 is 18.7 Å². The summed E-state index contributed by atoms with van der Waals surface area (Å²) in [5.74, 6) is -0.724. The molecule has 0 spiro atoms. The molecule has 0 bridgehead atoms. The van der Waals surface area contributed by atoms with Gasteiger partial charge in [-0.2, -0.15) is 0 Å². The molecule has 1 amide bonds. The van der Waals surface area contributed by atoms with Gasteiger partial charge in [0.25, 0.3) is 5.91 Å². The second-order valence-corrected chi connectivity index (χ2v) is 7.20. The predicted octanol–water partition coefficient (Wildman–Crippen LogP) is 5.40. The van der Waals surface area contributed by atoms with Crippen LogP contribution in [-0.2, 0) is 4.74 Å². The van der Waals surface area contributed by atoms with E-state index < -0.39 is 5.97 Å². The van der Waals surface area contributed by atoms with Gasteiger partial charge < -0.3 is 14.5 Å². The number of hydrogen-bond donors (Lipinski definition) is 1. The molecule has 0 fully saturated rings. The summed E-state index contributed by atoms with van der Waals surface area (Å²) in [6.07, 6.45) is 0. The van der Waals surface area contributed by atoms with Gasteiger partial charge in [0.15, 0.2) is 0 Å². The number of aryl methyl sites for hydroxylation is 1. The topological polar surface area (TPSA) is 80.9 Å². The Bertz CT molecular complexity index is 1340. The lowest BCUT2D eigenvalue weighted by Gasteiger charge is -2.07. The van der Waals surface area contributed by atoms with E-state index in [1.807, 2.05) is 55.5 Å². The highest BCUT2D eigenvalue weighted by atomic mass is 16.5. The first kappa shape index (κ1) is 21.1. The summed E-state index contributed by atoms with van der Waals surface area (Å²) in [5.41, 5.74) is 3.85. The molecule has 0 saturated carbocycles. The Morgan fingerprint density at radius 3 is 2.41 bits per heavy atom. The van der Waals surface area contributed by atoms with E-state index in [0.29, 0.717) is 34.7 Å². The molecule has 6 heteroatoms. The lowest BCUT2D eigenvalue weighted by Crippen LogP contribution is -2.21. The van der Waals surface area contributed by atoms with E-state index in [4.69, 9.17) is 9.15 Å². The number of anilines is 1. The van der Waals surface area contributed by atoms with Gasteiger partial charge in [-0.1, -0.05) is 35.9 Å². The molecular formula is C26H22N2O4. The zero-order chi connectivity index (χ0) is 22.5. The predicted molar refractivity (Wildman–Crippen MR) is 123 cm³/mol. The van der Waals surface area contributed by atoms with E-state index in [1.54, 1.807) is 37.3 Å². The van der Waals surface area contributed by atoms with E-state index >= 15 is 0 Å². The van der Waals surface area contributed by atoms with Crippen molar-refractivity contribution in [2.24, 2.45) is 4.99 Å². The third-order valence-corrected chi connectivity index (χ3v) is 4.82. The highest BCUT2D eigenvalue weighted by Crippen LogP contribution is 2.17. The third-order valence-electron chi connectivity index (χ3n) is 4.82. The number of ether oxygens (including phenoxy) is 1. The SMILES string of the molecule is CCOC(=O)c1ccc(N=c2oc3ccccc3cc2C(=O)Nc2ccc(C)cc2)cc1. The van der Waals surface area contributed by atoms with E-state index in [1.165, 1.54) is 0 Å². The third kappa shape index (κ3) is 4.75. The molecule has 6 nitrogen and oxygen atoms in total. The smallest absolute Gasteiger partial charge is 0.338 e. The van der Waals surface area contributed by atoms with Gasteiger partial charge in [0.1, 0.15) is 11.1 Å². The van der Waals surface area contributed by atoms with Crippen LogP contribution in [0.5, 0.6) is 0 Å². The van der Waals surface area contributed by atoms with Crippen molar-refractivity contribution in [3.8, 4) is 0 Å². The standard InChI is InChI=1S/C26H22N2O4/c1-3-31-26(30)18-10-14-21(15-11-18)28-25-22(16-19-6-4-5-7-23(19)32-25)24(29)27-20-12-8-17(2)9-13-20/h4-16H,3H2,1-2H3,(H,27,29). The number of carbonyl (C=O) groups is 2. The van der Waals surface area contributed by atoms with Crippen molar-refractivity contribution in [1.29, 1.82) is 0 Å². The molecule has 3 aromatic carbocycles. The maximum Gasteiger partial charge on any atom is 0.338 e. The quantitative estimate of drug-likeness (QED) is 0.433. The summed E-state index contributed by atoms with van der Waals surface area (Å²) in [4.78, 5) is 29.5. The second kappa shape index (κ2) is 9.31. The van der Waals surface area contributed by atoms with Crippen LogP contribution >= 0.6 is 0 Å². The number of esters is 1.